The van der Waals surface area contributed by atoms with Gasteiger partial charge >= 0.3 is 0 Å². The van der Waals surface area contributed by atoms with Gasteiger partial charge in [0.05, 0.1) is 27.3 Å². The first-order valence-electron chi connectivity index (χ1n) is 9.99. The second-order valence-corrected chi connectivity index (χ2v) is 8.42. The summed E-state index contributed by atoms with van der Waals surface area (Å²) in [5, 5.41) is 2.71. The second kappa shape index (κ2) is 8.47. The highest BCUT2D eigenvalue weighted by Gasteiger charge is 2.28. The number of amides is 2. The molecule has 0 saturated carbocycles. The maximum atomic E-state index is 14.2. The van der Waals surface area contributed by atoms with Gasteiger partial charge in [0.2, 0.25) is 11.8 Å². The Morgan fingerprint density at radius 1 is 1.03 bits per heavy atom. The van der Waals surface area contributed by atoms with E-state index in [0.717, 1.165) is 16.5 Å². The van der Waals surface area contributed by atoms with Gasteiger partial charge in [-0.05, 0) is 35.0 Å². The molecular formula is C23H15FN4O4S. The van der Waals surface area contributed by atoms with Crippen LogP contribution in [0.4, 0.5) is 10.1 Å². The third kappa shape index (κ3) is 4.08. The average Bonchev–Trinajstić information content (AvgIpc) is 3.40. The molecule has 3 aromatic heterocycles. The Morgan fingerprint density at radius 3 is 2.55 bits per heavy atom. The minimum atomic E-state index is -0.693. The molecule has 1 fully saturated rings. The number of fused-ring (bicyclic) bond motifs is 1. The topological polar surface area (TPSA) is 102 Å². The third-order valence-electron chi connectivity index (χ3n) is 5.19. The summed E-state index contributed by atoms with van der Waals surface area (Å²) in [5.41, 5.74) is 2.10. The molecule has 4 heterocycles. The Hall–Kier alpha value is -4.05. The van der Waals surface area contributed by atoms with Gasteiger partial charge in [-0.2, -0.15) is 0 Å². The van der Waals surface area contributed by atoms with E-state index < -0.39 is 5.82 Å². The van der Waals surface area contributed by atoms with Crippen LogP contribution in [0.25, 0.3) is 20.8 Å². The molecule has 1 saturated heterocycles. The van der Waals surface area contributed by atoms with E-state index in [2.05, 4.69) is 15.1 Å². The summed E-state index contributed by atoms with van der Waals surface area (Å²) in [6.45, 7) is 0.209. The van der Waals surface area contributed by atoms with Crippen LogP contribution in [0, 0.1) is 10.7 Å². The molecule has 4 aromatic rings. The number of imide groups is 1. The van der Waals surface area contributed by atoms with Gasteiger partial charge in [0, 0.05) is 37.4 Å². The molecule has 0 radical (unpaired) electrons. The van der Waals surface area contributed by atoms with Crippen molar-refractivity contribution >= 4 is 39.1 Å². The first-order chi connectivity index (χ1) is 16.0. The molecule has 0 bridgehead atoms. The first kappa shape index (κ1) is 20.8. The predicted octanol–water partition coefficient (Wildman–Crippen LogP) is 5.34. The molecule has 1 aliphatic heterocycles. The van der Waals surface area contributed by atoms with E-state index in [1.54, 1.807) is 18.5 Å². The number of rotatable bonds is 6. The summed E-state index contributed by atoms with van der Waals surface area (Å²) in [4.78, 5) is 45.1. The fourth-order valence-electron chi connectivity index (χ4n) is 3.51. The Labute approximate surface area is 190 Å². The molecule has 164 valence electrons. The number of nitroso groups, excluding NO2 is 1. The third-order valence-corrected chi connectivity index (χ3v) is 6.35. The van der Waals surface area contributed by atoms with Gasteiger partial charge in [-0.25, -0.2) is 4.39 Å². The number of hydrogen-bond acceptors (Lipinski definition) is 8. The van der Waals surface area contributed by atoms with Crippen LogP contribution in [0.2, 0.25) is 0 Å². The lowest BCUT2D eigenvalue weighted by atomic mass is 10.2. The van der Waals surface area contributed by atoms with Gasteiger partial charge in [0.1, 0.15) is 11.4 Å². The van der Waals surface area contributed by atoms with Crippen molar-refractivity contribution < 1.29 is 18.7 Å². The average molecular weight is 462 g/mol. The number of hydrogen-bond donors (Lipinski definition) is 0. The molecule has 1 aliphatic rings. The summed E-state index contributed by atoms with van der Waals surface area (Å²) in [6.07, 6.45) is 3.71. The van der Waals surface area contributed by atoms with Crippen LogP contribution < -0.4 is 4.74 Å². The van der Waals surface area contributed by atoms with Crippen LogP contribution >= 0.6 is 11.3 Å². The molecule has 0 spiro atoms. The number of nitrogens with zero attached hydrogens (tertiary/aromatic N) is 4. The van der Waals surface area contributed by atoms with Gasteiger partial charge in [0.15, 0.2) is 11.6 Å². The standard InChI is InChI=1S/C23H15FN4O4S/c24-15-9-14(27-31)2-4-18(15)32-19-7-8-25-17-10-20(33-23(17)19)16-3-1-13(11-26-16)12-28-21(29)5-6-22(28)30/h1-4,7-11H,5-6,12H2. The Morgan fingerprint density at radius 2 is 1.85 bits per heavy atom. The number of pyridine rings is 2. The quantitative estimate of drug-likeness (QED) is 0.283. The van der Waals surface area contributed by atoms with E-state index in [9.17, 15) is 18.9 Å². The molecule has 10 heteroatoms. The fourth-order valence-corrected chi connectivity index (χ4v) is 4.56. The number of carbonyl (C=O) groups excluding carboxylic acids is 2. The number of aromatic nitrogens is 2. The summed E-state index contributed by atoms with van der Waals surface area (Å²) in [6, 6.07) is 10.9. The molecule has 0 unspecified atom stereocenters. The molecule has 5 rings (SSSR count). The van der Waals surface area contributed by atoms with E-state index >= 15 is 0 Å². The first-order valence-corrected chi connectivity index (χ1v) is 10.8. The lowest BCUT2D eigenvalue weighted by Gasteiger charge is -2.13. The zero-order valence-corrected chi connectivity index (χ0v) is 17.8. The fraction of sp³-hybridized carbons (Fsp3) is 0.130. The van der Waals surface area contributed by atoms with Gasteiger partial charge in [-0.3, -0.25) is 24.5 Å². The highest BCUT2D eigenvalue weighted by Crippen LogP contribution is 2.39. The van der Waals surface area contributed by atoms with Gasteiger partial charge in [-0.15, -0.1) is 16.2 Å². The summed E-state index contributed by atoms with van der Waals surface area (Å²) in [5.74, 6) is -0.634. The molecule has 33 heavy (non-hydrogen) atoms. The number of benzene rings is 1. The van der Waals surface area contributed by atoms with Gasteiger partial charge in [0.25, 0.3) is 0 Å². The van der Waals surface area contributed by atoms with Crippen LogP contribution in [-0.2, 0) is 16.1 Å². The largest absolute Gasteiger partial charge is 0.453 e. The van der Waals surface area contributed by atoms with Crippen molar-refractivity contribution in [2.45, 2.75) is 19.4 Å². The molecule has 8 nitrogen and oxygen atoms in total. The Bertz CT molecular complexity index is 1390. The molecule has 1 aromatic carbocycles. The molecule has 0 aliphatic carbocycles. The van der Waals surface area contributed by atoms with Crippen molar-refractivity contribution in [3.05, 3.63) is 71.1 Å². The van der Waals surface area contributed by atoms with Crippen LogP contribution in [0.15, 0.2) is 60.0 Å². The smallest absolute Gasteiger partial charge is 0.229 e. The highest BCUT2D eigenvalue weighted by atomic mass is 32.1. The van der Waals surface area contributed by atoms with Crippen LogP contribution in [-0.4, -0.2) is 26.7 Å². The molecule has 0 atom stereocenters. The van der Waals surface area contributed by atoms with Crippen LogP contribution in [0.3, 0.4) is 0 Å². The molecule has 2 amide bonds. The normalized spacial score (nSPS) is 13.7. The van der Waals surface area contributed by atoms with E-state index in [1.807, 2.05) is 18.2 Å². The van der Waals surface area contributed by atoms with Crippen molar-refractivity contribution in [2.75, 3.05) is 0 Å². The maximum absolute atomic E-state index is 14.2. The second-order valence-electron chi connectivity index (χ2n) is 7.37. The SMILES string of the molecule is O=Nc1ccc(Oc2ccnc3cc(-c4ccc(CN5C(=O)CCC5=O)cn4)sc23)c(F)c1. The summed E-state index contributed by atoms with van der Waals surface area (Å²) < 4.78 is 20.7. The Balaban J connectivity index is 1.40. The maximum Gasteiger partial charge on any atom is 0.229 e. The number of halogens is 1. The van der Waals surface area contributed by atoms with Crippen molar-refractivity contribution in [1.82, 2.24) is 14.9 Å². The van der Waals surface area contributed by atoms with Crippen molar-refractivity contribution in [3.63, 3.8) is 0 Å². The van der Waals surface area contributed by atoms with Gasteiger partial charge < -0.3 is 4.74 Å². The van der Waals surface area contributed by atoms with E-state index in [4.69, 9.17) is 4.74 Å². The van der Waals surface area contributed by atoms with Crippen molar-refractivity contribution in [1.29, 1.82) is 0 Å². The predicted molar refractivity (Wildman–Crippen MR) is 120 cm³/mol. The lowest BCUT2D eigenvalue weighted by Crippen LogP contribution is -2.28. The minimum absolute atomic E-state index is 0.0221. The monoisotopic (exact) mass is 462 g/mol. The lowest BCUT2D eigenvalue weighted by molar-refractivity contribution is -0.139. The van der Waals surface area contributed by atoms with Crippen LogP contribution in [0.1, 0.15) is 18.4 Å². The zero-order valence-electron chi connectivity index (χ0n) is 17.0. The van der Waals surface area contributed by atoms with E-state index in [1.165, 1.54) is 28.4 Å². The van der Waals surface area contributed by atoms with Gasteiger partial charge in [-0.1, -0.05) is 6.07 Å². The minimum Gasteiger partial charge on any atom is -0.453 e. The van der Waals surface area contributed by atoms with E-state index in [-0.39, 0.29) is 42.6 Å². The zero-order chi connectivity index (χ0) is 22.9. The number of carbonyl (C=O) groups is 2. The molecular weight excluding hydrogens is 447 g/mol. The van der Waals surface area contributed by atoms with Crippen molar-refractivity contribution in [2.24, 2.45) is 5.18 Å². The van der Waals surface area contributed by atoms with Crippen LogP contribution in [0.5, 0.6) is 11.5 Å². The number of thiophene rings is 1. The molecule has 0 N–H and O–H groups in total. The summed E-state index contributed by atoms with van der Waals surface area (Å²) >= 11 is 1.39. The van der Waals surface area contributed by atoms with Crippen molar-refractivity contribution in [3.8, 4) is 22.1 Å². The summed E-state index contributed by atoms with van der Waals surface area (Å²) in [7, 11) is 0. The van der Waals surface area contributed by atoms with E-state index in [0.29, 0.717) is 21.7 Å². The number of ether oxygens (including phenoxy) is 1. The Kier molecular flexibility index (Phi) is 5.35. The number of likely N-dealkylation sites (tertiary alicyclic amines) is 1. The highest BCUT2D eigenvalue weighted by molar-refractivity contribution is 7.22.